The Bertz CT molecular complexity index is 338. The summed E-state index contributed by atoms with van der Waals surface area (Å²) in [6.07, 6.45) is 1.34. The Kier molecular flexibility index (Phi) is 5.42. The van der Waals surface area contributed by atoms with Gasteiger partial charge in [-0.15, -0.1) is 11.3 Å². The molecule has 1 aromatic heterocycles. The molecule has 90 valence electrons. The van der Waals surface area contributed by atoms with Crippen LogP contribution in [0.25, 0.3) is 0 Å². The number of amides is 1. The molecule has 0 radical (unpaired) electrons. The Labute approximate surface area is 99.7 Å². The zero-order valence-corrected chi connectivity index (χ0v) is 10.5. The standard InChI is InChI=1S/C11H18N2O2S/c1-3-10(14)4-5-12-11(15)6-9-7-16-8(2)13-9/h7,10,14H,3-6H2,1-2H3,(H,12,15). The molecule has 0 bridgehead atoms. The number of thiazole rings is 1. The summed E-state index contributed by atoms with van der Waals surface area (Å²) in [6.45, 7) is 4.37. The van der Waals surface area contributed by atoms with Crippen LogP contribution < -0.4 is 5.32 Å². The average Bonchev–Trinajstić information content (AvgIpc) is 2.63. The van der Waals surface area contributed by atoms with Crippen molar-refractivity contribution in [2.75, 3.05) is 6.54 Å². The van der Waals surface area contributed by atoms with Crippen LogP contribution in [0.5, 0.6) is 0 Å². The summed E-state index contributed by atoms with van der Waals surface area (Å²) < 4.78 is 0. The van der Waals surface area contributed by atoms with E-state index in [2.05, 4.69) is 10.3 Å². The number of rotatable bonds is 6. The molecule has 1 heterocycles. The number of aliphatic hydroxyl groups excluding tert-OH is 1. The highest BCUT2D eigenvalue weighted by Gasteiger charge is 2.06. The van der Waals surface area contributed by atoms with Crippen molar-refractivity contribution in [3.8, 4) is 0 Å². The maximum absolute atomic E-state index is 11.5. The molecule has 1 atom stereocenters. The Hall–Kier alpha value is -0.940. The van der Waals surface area contributed by atoms with Crippen molar-refractivity contribution in [1.29, 1.82) is 0 Å². The monoisotopic (exact) mass is 242 g/mol. The molecule has 1 rings (SSSR count). The number of carbonyl (C=O) groups is 1. The van der Waals surface area contributed by atoms with Crippen molar-refractivity contribution in [2.45, 2.75) is 39.2 Å². The summed E-state index contributed by atoms with van der Waals surface area (Å²) >= 11 is 1.55. The quantitative estimate of drug-likeness (QED) is 0.789. The van der Waals surface area contributed by atoms with Crippen molar-refractivity contribution in [1.82, 2.24) is 10.3 Å². The second-order valence-electron chi connectivity index (χ2n) is 3.74. The van der Waals surface area contributed by atoms with E-state index in [0.717, 1.165) is 17.1 Å². The predicted octanol–water partition coefficient (Wildman–Crippen LogP) is 1.27. The molecule has 0 aromatic carbocycles. The molecule has 0 saturated heterocycles. The highest BCUT2D eigenvalue weighted by atomic mass is 32.1. The van der Waals surface area contributed by atoms with Gasteiger partial charge < -0.3 is 10.4 Å². The zero-order chi connectivity index (χ0) is 12.0. The van der Waals surface area contributed by atoms with Gasteiger partial charge in [0.1, 0.15) is 0 Å². The van der Waals surface area contributed by atoms with Crippen molar-refractivity contribution in [2.24, 2.45) is 0 Å². The molecule has 4 nitrogen and oxygen atoms in total. The third kappa shape index (κ3) is 4.72. The SMILES string of the molecule is CCC(O)CCNC(=O)Cc1csc(C)n1. The maximum Gasteiger partial charge on any atom is 0.226 e. The molecule has 1 amide bonds. The lowest BCUT2D eigenvalue weighted by atomic mass is 10.2. The number of hydrogen-bond donors (Lipinski definition) is 2. The van der Waals surface area contributed by atoms with Gasteiger partial charge in [-0.05, 0) is 19.8 Å². The van der Waals surface area contributed by atoms with Gasteiger partial charge >= 0.3 is 0 Å². The molecular formula is C11H18N2O2S. The van der Waals surface area contributed by atoms with Crippen molar-refractivity contribution < 1.29 is 9.90 Å². The van der Waals surface area contributed by atoms with Crippen LogP contribution in [0.3, 0.4) is 0 Å². The summed E-state index contributed by atoms with van der Waals surface area (Å²) in [5, 5.41) is 14.9. The first-order valence-electron chi connectivity index (χ1n) is 5.47. The fourth-order valence-corrected chi connectivity index (χ4v) is 1.91. The fraction of sp³-hybridized carbons (Fsp3) is 0.636. The van der Waals surface area contributed by atoms with Crippen LogP contribution in [0.2, 0.25) is 0 Å². The number of aryl methyl sites for hydroxylation is 1. The Morgan fingerprint density at radius 3 is 3.00 bits per heavy atom. The first-order valence-corrected chi connectivity index (χ1v) is 6.35. The van der Waals surface area contributed by atoms with Crippen LogP contribution in [0.1, 0.15) is 30.5 Å². The van der Waals surface area contributed by atoms with E-state index in [9.17, 15) is 9.90 Å². The fourth-order valence-electron chi connectivity index (χ4n) is 1.30. The molecule has 5 heteroatoms. The topological polar surface area (TPSA) is 62.2 Å². The molecule has 2 N–H and O–H groups in total. The summed E-state index contributed by atoms with van der Waals surface area (Å²) in [7, 11) is 0. The summed E-state index contributed by atoms with van der Waals surface area (Å²) in [6, 6.07) is 0. The second kappa shape index (κ2) is 6.60. The molecule has 0 spiro atoms. The Balaban J connectivity index is 2.21. The van der Waals surface area contributed by atoms with Gasteiger partial charge in [0.15, 0.2) is 0 Å². The Morgan fingerprint density at radius 2 is 2.44 bits per heavy atom. The van der Waals surface area contributed by atoms with Crippen molar-refractivity contribution in [3.05, 3.63) is 16.1 Å². The van der Waals surface area contributed by atoms with Gasteiger partial charge in [-0.2, -0.15) is 0 Å². The van der Waals surface area contributed by atoms with Gasteiger partial charge in [0.25, 0.3) is 0 Å². The minimum atomic E-state index is -0.318. The van der Waals surface area contributed by atoms with Crippen molar-refractivity contribution in [3.63, 3.8) is 0 Å². The van der Waals surface area contributed by atoms with Crippen LogP contribution in [-0.4, -0.2) is 28.6 Å². The molecule has 0 aliphatic rings. The van der Waals surface area contributed by atoms with E-state index in [1.54, 1.807) is 11.3 Å². The van der Waals surface area contributed by atoms with Gasteiger partial charge in [-0.1, -0.05) is 6.92 Å². The number of carbonyl (C=O) groups excluding carboxylic acids is 1. The van der Waals surface area contributed by atoms with E-state index in [1.807, 2.05) is 19.2 Å². The number of nitrogens with zero attached hydrogens (tertiary/aromatic N) is 1. The second-order valence-corrected chi connectivity index (χ2v) is 4.80. The molecule has 0 saturated carbocycles. The van der Waals surface area contributed by atoms with E-state index in [-0.39, 0.29) is 12.0 Å². The lowest BCUT2D eigenvalue weighted by Gasteiger charge is -2.08. The molecule has 0 aliphatic heterocycles. The average molecular weight is 242 g/mol. The third-order valence-electron chi connectivity index (χ3n) is 2.28. The maximum atomic E-state index is 11.5. The van der Waals surface area contributed by atoms with Crippen molar-refractivity contribution >= 4 is 17.2 Å². The van der Waals surface area contributed by atoms with Gasteiger partial charge in [-0.25, -0.2) is 4.98 Å². The summed E-state index contributed by atoms with van der Waals surface area (Å²) in [4.78, 5) is 15.7. The van der Waals surface area contributed by atoms with Gasteiger partial charge in [-0.3, -0.25) is 4.79 Å². The minimum Gasteiger partial charge on any atom is -0.393 e. The van der Waals surface area contributed by atoms with E-state index in [0.29, 0.717) is 19.4 Å². The van der Waals surface area contributed by atoms with E-state index >= 15 is 0 Å². The van der Waals surface area contributed by atoms with E-state index in [4.69, 9.17) is 0 Å². The number of aliphatic hydroxyl groups is 1. The first kappa shape index (κ1) is 13.1. The number of hydrogen-bond acceptors (Lipinski definition) is 4. The molecule has 1 unspecified atom stereocenters. The highest BCUT2D eigenvalue weighted by molar-refractivity contribution is 7.09. The largest absolute Gasteiger partial charge is 0.393 e. The van der Waals surface area contributed by atoms with E-state index in [1.165, 1.54) is 0 Å². The van der Waals surface area contributed by atoms with Crippen LogP contribution >= 0.6 is 11.3 Å². The molecule has 1 aromatic rings. The highest BCUT2D eigenvalue weighted by Crippen LogP contribution is 2.08. The number of aromatic nitrogens is 1. The van der Waals surface area contributed by atoms with Crippen LogP contribution in [-0.2, 0) is 11.2 Å². The molecule has 0 fully saturated rings. The normalized spacial score (nSPS) is 12.4. The molecule has 16 heavy (non-hydrogen) atoms. The summed E-state index contributed by atoms with van der Waals surface area (Å²) in [5.74, 6) is -0.0337. The summed E-state index contributed by atoms with van der Waals surface area (Å²) in [5.41, 5.74) is 0.816. The van der Waals surface area contributed by atoms with E-state index < -0.39 is 0 Å². The lowest BCUT2D eigenvalue weighted by Crippen LogP contribution is -2.28. The van der Waals surface area contributed by atoms with Gasteiger partial charge in [0.05, 0.1) is 23.2 Å². The van der Waals surface area contributed by atoms with Gasteiger partial charge in [0.2, 0.25) is 5.91 Å². The molecule has 0 aliphatic carbocycles. The zero-order valence-electron chi connectivity index (χ0n) is 9.69. The third-order valence-corrected chi connectivity index (χ3v) is 3.10. The predicted molar refractivity (Wildman–Crippen MR) is 64.5 cm³/mol. The minimum absolute atomic E-state index is 0.0337. The lowest BCUT2D eigenvalue weighted by molar-refractivity contribution is -0.120. The van der Waals surface area contributed by atoms with Crippen LogP contribution in [0.4, 0.5) is 0 Å². The Morgan fingerprint density at radius 1 is 1.69 bits per heavy atom. The molecular weight excluding hydrogens is 224 g/mol. The smallest absolute Gasteiger partial charge is 0.226 e. The van der Waals surface area contributed by atoms with Crippen LogP contribution in [0, 0.1) is 6.92 Å². The van der Waals surface area contributed by atoms with Gasteiger partial charge in [0, 0.05) is 11.9 Å². The number of nitrogens with one attached hydrogen (secondary N) is 1. The van der Waals surface area contributed by atoms with Crippen LogP contribution in [0.15, 0.2) is 5.38 Å². The first-order chi connectivity index (χ1) is 7.61.